The molecule has 0 radical (unpaired) electrons. The first-order valence-corrected chi connectivity index (χ1v) is 23.7. The van der Waals surface area contributed by atoms with E-state index in [1.54, 1.807) is 0 Å². The number of hydrogen-bond donors (Lipinski definition) is 0. The van der Waals surface area contributed by atoms with E-state index >= 15 is 0 Å². The van der Waals surface area contributed by atoms with Gasteiger partial charge < -0.3 is 0 Å². The predicted molar refractivity (Wildman–Crippen MR) is 323 cm³/mol. The van der Waals surface area contributed by atoms with E-state index in [4.69, 9.17) is 4.98 Å². The first kappa shape index (κ1) is 42.7. The molecule has 11 aromatic rings. The van der Waals surface area contributed by atoms with Crippen molar-refractivity contribution in [1.82, 2.24) is 9.55 Å². The number of aromatic nitrogens is 2. The summed E-state index contributed by atoms with van der Waals surface area (Å²) in [7, 11) is 23.0. The van der Waals surface area contributed by atoms with Gasteiger partial charge >= 0.3 is 0 Å². The molecule has 11 rings (SSSR count). The molecule has 0 bridgehead atoms. The quantitative estimate of drug-likeness (QED) is 0.133. The van der Waals surface area contributed by atoms with Crippen molar-refractivity contribution in [1.29, 1.82) is 0 Å². The third-order valence-corrected chi connectivity index (χ3v) is 15.7. The summed E-state index contributed by atoms with van der Waals surface area (Å²) in [4.78, 5) is 5.28. The van der Waals surface area contributed by atoms with Crippen LogP contribution in [0.1, 0.15) is 0 Å². The highest BCUT2D eigenvalue weighted by molar-refractivity contribution is 6.70. The van der Waals surface area contributed by atoms with Gasteiger partial charge in [0.2, 0.25) is 0 Å². The van der Waals surface area contributed by atoms with Crippen LogP contribution in [-0.2, 0) is 0 Å². The zero-order valence-corrected chi connectivity index (χ0v) is 40.4. The van der Waals surface area contributed by atoms with E-state index < -0.39 is 0 Å². The molecule has 0 spiro atoms. The molecule has 10 aromatic carbocycles. The van der Waals surface area contributed by atoms with Gasteiger partial charge in [-0.05, 0) is 108 Å². The monoisotopic (exact) mass is 844 g/mol. The van der Waals surface area contributed by atoms with Crippen molar-refractivity contribution in [2.45, 2.75) is 0 Å². The van der Waals surface area contributed by atoms with Gasteiger partial charge in [0.1, 0.15) is 84.3 Å². The molecule has 0 aliphatic rings. The fourth-order valence-electron chi connectivity index (χ4n) is 11.3. The highest BCUT2D eigenvalue weighted by Crippen LogP contribution is 2.45. The summed E-state index contributed by atoms with van der Waals surface area (Å²) in [5, 5.41) is 7.38. The van der Waals surface area contributed by atoms with Crippen LogP contribution >= 0.6 is 0 Å². The SMILES string of the molecule is Bc1c(B)c(B)c(-c2cc(-c3c(B)c(B)c(B)c(B)c3B)cc(-c3c4ccccc4c(-c4ccc(-c5nc6ccccc6n5-c5cccc6ccccc56)cc4)c4ccccc34)c2)c(B)c1B. The number of hydrogen-bond acceptors (Lipinski definition) is 1. The average Bonchev–Trinajstić information content (AvgIpc) is 3.75. The summed E-state index contributed by atoms with van der Waals surface area (Å²) >= 11 is 0. The van der Waals surface area contributed by atoms with Crippen molar-refractivity contribution in [3.63, 3.8) is 0 Å². The van der Waals surface area contributed by atoms with Gasteiger partial charge in [-0.15, -0.1) is 32.8 Å². The minimum Gasteiger partial charge on any atom is -0.292 e. The Hall–Kier alpha value is -6.90. The van der Waals surface area contributed by atoms with Gasteiger partial charge in [0.15, 0.2) is 0 Å². The molecule has 0 aliphatic carbocycles. The molecule has 0 amide bonds. The number of imidazole rings is 1. The van der Waals surface area contributed by atoms with Crippen LogP contribution in [0.25, 0.3) is 105 Å². The Morgan fingerprint density at radius 2 is 0.672 bits per heavy atom. The van der Waals surface area contributed by atoms with E-state index in [9.17, 15) is 0 Å². The zero-order chi connectivity index (χ0) is 46.4. The van der Waals surface area contributed by atoms with Gasteiger partial charge in [-0.1, -0.05) is 143 Å². The lowest BCUT2D eigenvalue weighted by molar-refractivity contribution is 1.11. The molecule has 306 valence electrons. The lowest BCUT2D eigenvalue weighted by Gasteiger charge is -2.25. The Bertz CT molecular complexity index is 3670. The third kappa shape index (κ3) is 6.74. The molecular formula is C55H46B10N2. The Morgan fingerprint density at radius 3 is 1.18 bits per heavy atom. The van der Waals surface area contributed by atoms with E-state index in [1.807, 2.05) is 0 Å². The number of nitrogens with zero attached hydrogens (tertiary/aromatic N) is 2. The maximum absolute atomic E-state index is 5.28. The standard InChI is InChI=1S/C55H46B10N2/c56-45-43(46(57)50(61)53(64)49(45)60)31-24-30(25-32(26-31)44-47(58)51(62)54(65)52(63)48(44)59)42-36-15-5-3-13-34(36)41(35-14-4-6-16-37(35)42)28-20-22-29(23-21-28)55-66-38-17-7-8-18-40(38)67(55)39-19-9-11-27-10-1-2-12-33(27)39/h1-26H,56-65H2. The summed E-state index contributed by atoms with van der Waals surface area (Å²) in [6, 6.07) is 58.3. The molecule has 0 fully saturated rings. The molecule has 0 N–H and O–H groups in total. The van der Waals surface area contributed by atoms with Crippen molar-refractivity contribution < 1.29 is 0 Å². The van der Waals surface area contributed by atoms with E-state index in [0.29, 0.717) is 0 Å². The number of rotatable bonds is 6. The molecule has 0 unspecified atom stereocenters. The van der Waals surface area contributed by atoms with E-state index in [-0.39, 0.29) is 0 Å². The lowest BCUT2D eigenvalue weighted by atomic mass is 9.59. The minimum absolute atomic E-state index is 0.929. The molecule has 0 atom stereocenters. The zero-order valence-electron chi connectivity index (χ0n) is 40.4. The summed E-state index contributed by atoms with van der Waals surface area (Å²) in [6.07, 6.45) is 0. The van der Waals surface area contributed by atoms with E-state index in [2.05, 4.69) is 241 Å². The highest BCUT2D eigenvalue weighted by atomic mass is 15.1. The number of para-hydroxylation sites is 2. The molecule has 67 heavy (non-hydrogen) atoms. The fraction of sp³-hybridized carbons (Fsp3) is 0. The van der Waals surface area contributed by atoms with Crippen LogP contribution in [0.5, 0.6) is 0 Å². The van der Waals surface area contributed by atoms with Gasteiger partial charge in [0, 0.05) is 10.9 Å². The van der Waals surface area contributed by atoms with Crippen LogP contribution in [0.2, 0.25) is 0 Å². The average molecular weight is 843 g/mol. The van der Waals surface area contributed by atoms with E-state index in [1.165, 1.54) is 131 Å². The summed E-state index contributed by atoms with van der Waals surface area (Å²) in [6.45, 7) is 0. The van der Waals surface area contributed by atoms with Crippen LogP contribution in [0.4, 0.5) is 0 Å². The molecule has 12 heteroatoms. The lowest BCUT2D eigenvalue weighted by Crippen LogP contribution is -2.55. The van der Waals surface area contributed by atoms with Gasteiger partial charge in [0.25, 0.3) is 0 Å². The van der Waals surface area contributed by atoms with Gasteiger partial charge in [-0.25, -0.2) is 4.98 Å². The number of benzene rings is 10. The molecule has 0 saturated carbocycles. The van der Waals surface area contributed by atoms with Crippen LogP contribution < -0.4 is 54.6 Å². The second kappa shape index (κ2) is 16.5. The molecule has 0 aliphatic heterocycles. The second-order valence-electron chi connectivity index (χ2n) is 19.0. The highest BCUT2D eigenvalue weighted by Gasteiger charge is 2.23. The second-order valence-corrected chi connectivity index (χ2v) is 19.0. The van der Waals surface area contributed by atoms with Gasteiger partial charge in [0.05, 0.1) is 16.7 Å². The maximum Gasteiger partial charge on any atom is 0.145 e. The largest absolute Gasteiger partial charge is 0.292 e. The van der Waals surface area contributed by atoms with Crippen molar-refractivity contribution in [2.24, 2.45) is 0 Å². The first-order chi connectivity index (χ1) is 32.4. The van der Waals surface area contributed by atoms with Crippen LogP contribution in [-0.4, -0.2) is 88.0 Å². The number of fused-ring (bicyclic) bond motifs is 4. The summed E-state index contributed by atoms with van der Waals surface area (Å²) in [5.41, 5.74) is 28.1. The van der Waals surface area contributed by atoms with Crippen molar-refractivity contribution in [3.8, 4) is 61.6 Å². The normalized spacial score (nSPS) is 11.6. The topological polar surface area (TPSA) is 17.8 Å². The van der Waals surface area contributed by atoms with Gasteiger partial charge in [-0.2, -0.15) is 0 Å². The Kier molecular flexibility index (Phi) is 10.5. The van der Waals surface area contributed by atoms with E-state index in [0.717, 1.165) is 28.1 Å². The molecule has 1 aromatic heterocycles. The summed E-state index contributed by atoms with van der Waals surface area (Å²) in [5.74, 6) is 0.929. The molecule has 0 saturated heterocycles. The van der Waals surface area contributed by atoms with Crippen LogP contribution in [0.15, 0.2) is 158 Å². The Morgan fingerprint density at radius 1 is 0.299 bits per heavy atom. The van der Waals surface area contributed by atoms with Crippen molar-refractivity contribution in [3.05, 3.63) is 158 Å². The molecule has 2 nitrogen and oxygen atoms in total. The third-order valence-electron chi connectivity index (χ3n) is 15.7. The van der Waals surface area contributed by atoms with Crippen LogP contribution in [0.3, 0.4) is 0 Å². The molecule has 1 heterocycles. The summed E-state index contributed by atoms with van der Waals surface area (Å²) < 4.78 is 2.33. The molecular weight excluding hydrogens is 797 g/mol. The van der Waals surface area contributed by atoms with Crippen molar-refractivity contribution in [2.75, 3.05) is 0 Å². The maximum atomic E-state index is 5.28. The smallest absolute Gasteiger partial charge is 0.145 e. The first-order valence-electron chi connectivity index (χ1n) is 23.7. The van der Waals surface area contributed by atoms with Crippen LogP contribution in [0, 0.1) is 0 Å². The Balaban J connectivity index is 1.14. The minimum atomic E-state index is 0.929. The fourth-order valence-corrected chi connectivity index (χ4v) is 11.3. The predicted octanol–water partition coefficient (Wildman–Crippen LogP) is -2.60. The van der Waals surface area contributed by atoms with Crippen molar-refractivity contribution >= 4 is 176 Å². The Labute approximate surface area is 403 Å². The van der Waals surface area contributed by atoms with Gasteiger partial charge in [-0.3, -0.25) is 4.57 Å².